The van der Waals surface area contributed by atoms with E-state index in [1.165, 1.54) is 0 Å². The quantitative estimate of drug-likeness (QED) is 0.800. The number of H-pyrrole nitrogens is 1. The zero-order valence-corrected chi connectivity index (χ0v) is 13.0. The summed E-state index contributed by atoms with van der Waals surface area (Å²) in [4.78, 5) is 12.2. The molecule has 0 aliphatic heterocycles. The van der Waals surface area contributed by atoms with Crippen LogP contribution in [0.1, 0.15) is 24.3 Å². The second-order valence-electron chi connectivity index (χ2n) is 5.17. The minimum absolute atomic E-state index is 0.234. The number of benzene rings is 1. The Bertz CT molecular complexity index is 607. The molecule has 0 bridgehead atoms. The fraction of sp³-hybridized carbons (Fsp3) is 0.286. The number of rotatable bonds is 4. The lowest BCUT2D eigenvalue weighted by atomic mass is 10.1. The van der Waals surface area contributed by atoms with Crippen LogP contribution in [0.2, 0.25) is 0 Å². The second kappa shape index (κ2) is 5.76. The Morgan fingerprint density at radius 2 is 2.05 bits per heavy atom. The smallest absolute Gasteiger partial charge is 0.270 e. The Hall–Kier alpha value is -1.66. The van der Waals surface area contributed by atoms with E-state index in [-0.39, 0.29) is 5.91 Å². The normalized spacial score (nSPS) is 11.4. The van der Waals surface area contributed by atoms with Crippen LogP contribution in [-0.4, -0.2) is 28.2 Å². The second-order valence-corrected chi connectivity index (χ2v) is 5.96. The molecule has 5 nitrogen and oxygen atoms in total. The van der Waals surface area contributed by atoms with E-state index in [2.05, 4.69) is 31.4 Å². The number of hydrogen-bond donors (Lipinski definition) is 3. The molecule has 0 atom stereocenters. The van der Waals surface area contributed by atoms with Gasteiger partial charge < -0.3 is 11.1 Å². The Labute approximate surface area is 126 Å². The predicted molar refractivity (Wildman–Crippen MR) is 82.3 cm³/mol. The van der Waals surface area contributed by atoms with Crippen molar-refractivity contribution in [2.24, 2.45) is 5.73 Å². The molecule has 6 heteroatoms. The summed E-state index contributed by atoms with van der Waals surface area (Å²) in [6, 6.07) is 9.65. The van der Waals surface area contributed by atoms with Gasteiger partial charge in [-0.3, -0.25) is 9.89 Å². The molecule has 2 rings (SSSR count). The minimum atomic E-state index is -0.464. The largest absolute Gasteiger partial charge is 0.345 e. The number of carbonyl (C=O) groups is 1. The van der Waals surface area contributed by atoms with Crippen LogP contribution in [0.4, 0.5) is 0 Å². The number of nitrogens with two attached hydrogens (primary N) is 1. The summed E-state index contributed by atoms with van der Waals surface area (Å²) in [7, 11) is 0. The van der Waals surface area contributed by atoms with Crippen molar-refractivity contribution in [2.75, 3.05) is 6.54 Å². The van der Waals surface area contributed by atoms with E-state index >= 15 is 0 Å². The van der Waals surface area contributed by atoms with Gasteiger partial charge in [-0.05, 0) is 29.8 Å². The summed E-state index contributed by atoms with van der Waals surface area (Å²) in [5.41, 5.74) is 7.19. The van der Waals surface area contributed by atoms with E-state index < -0.39 is 5.54 Å². The van der Waals surface area contributed by atoms with Crippen molar-refractivity contribution in [1.29, 1.82) is 0 Å². The molecule has 0 saturated carbocycles. The van der Waals surface area contributed by atoms with Crippen molar-refractivity contribution in [3.8, 4) is 11.3 Å². The van der Waals surface area contributed by atoms with Crippen molar-refractivity contribution >= 4 is 21.8 Å². The molecule has 0 aliphatic carbocycles. The van der Waals surface area contributed by atoms with Gasteiger partial charge in [-0.15, -0.1) is 0 Å². The SMILES string of the molecule is CC(C)(CN)NC(=O)c1[nH]nc(-c2ccccc2)c1Br. The van der Waals surface area contributed by atoms with E-state index in [1.54, 1.807) is 0 Å². The van der Waals surface area contributed by atoms with Crippen molar-refractivity contribution in [3.63, 3.8) is 0 Å². The first-order chi connectivity index (χ1) is 9.44. The number of halogens is 1. The number of nitrogens with zero attached hydrogens (tertiary/aromatic N) is 1. The van der Waals surface area contributed by atoms with Crippen LogP contribution in [0.15, 0.2) is 34.8 Å². The highest BCUT2D eigenvalue weighted by atomic mass is 79.9. The molecule has 0 radical (unpaired) electrons. The summed E-state index contributed by atoms with van der Waals surface area (Å²) in [5, 5.41) is 9.83. The van der Waals surface area contributed by atoms with E-state index in [0.29, 0.717) is 22.4 Å². The summed E-state index contributed by atoms with van der Waals surface area (Å²) in [6.45, 7) is 4.09. The standard InChI is InChI=1S/C14H17BrN4O/c1-14(2,8-16)17-13(20)12-10(15)11(18-19-12)9-6-4-3-5-7-9/h3-7H,8,16H2,1-2H3,(H,17,20)(H,18,19). The molecule has 0 spiro atoms. The average Bonchev–Trinajstić information content (AvgIpc) is 2.81. The number of amides is 1. The highest BCUT2D eigenvalue weighted by Gasteiger charge is 2.23. The van der Waals surface area contributed by atoms with Crippen molar-refractivity contribution in [2.45, 2.75) is 19.4 Å². The van der Waals surface area contributed by atoms with Gasteiger partial charge in [0.15, 0.2) is 0 Å². The van der Waals surface area contributed by atoms with Gasteiger partial charge in [0.1, 0.15) is 11.4 Å². The van der Waals surface area contributed by atoms with E-state index in [1.807, 2.05) is 44.2 Å². The maximum absolute atomic E-state index is 12.2. The van der Waals surface area contributed by atoms with Gasteiger partial charge in [0, 0.05) is 17.6 Å². The molecule has 1 aromatic heterocycles. The number of hydrogen-bond acceptors (Lipinski definition) is 3. The summed E-state index contributed by atoms with van der Waals surface area (Å²) in [5.74, 6) is -0.234. The molecule has 0 aliphatic rings. The van der Waals surface area contributed by atoms with Crippen LogP contribution in [0, 0.1) is 0 Å². The number of nitrogens with one attached hydrogen (secondary N) is 2. The zero-order valence-electron chi connectivity index (χ0n) is 11.4. The highest BCUT2D eigenvalue weighted by Crippen LogP contribution is 2.28. The number of aromatic amines is 1. The molecule has 1 heterocycles. The molecule has 20 heavy (non-hydrogen) atoms. The lowest BCUT2D eigenvalue weighted by molar-refractivity contribution is 0.0910. The number of carbonyl (C=O) groups excluding carboxylic acids is 1. The third-order valence-electron chi connectivity index (χ3n) is 2.94. The topological polar surface area (TPSA) is 83.8 Å². The van der Waals surface area contributed by atoms with E-state index in [9.17, 15) is 4.79 Å². The molecule has 0 fully saturated rings. The third kappa shape index (κ3) is 3.08. The van der Waals surface area contributed by atoms with Crippen LogP contribution in [0.5, 0.6) is 0 Å². The van der Waals surface area contributed by atoms with Crippen molar-refractivity contribution in [1.82, 2.24) is 15.5 Å². The zero-order chi connectivity index (χ0) is 14.8. The molecule has 2 aromatic rings. The Morgan fingerprint density at radius 1 is 1.40 bits per heavy atom. The van der Waals surface area contributed by atoms with Crippen LogP contribution in [0.25, 0.3) is 11.3 Å². The molecule has 0 saturated heterocycles. The monoisotopic (exact) mass is 336 g/mol. The van der Waals surface area contributed by atoms with Gasteiger partial charge >= 0.3 is 0 Å². The summed E-state index contributed by atoms with van der Waals surface area (Å²) in [6.07, 6.45) is 0. The summed E-state index contributed by atoms with van der Waals surface area (Å²) >= 11 is 3.43. The van der Waals surface area contributed by atoms with Crippen LogP contribution in [-0.2, 0) is 0 Å². The minimum Gasteiger partial charge on any atom is -0.345 e. The van der Waals surface area contributed by atoms with Crippen LogP contribution < -0.4 is 11.1 Å². The fourth-order valence-corrected chi connectivity index (χ4v) is 2.27. The molecule has 106 valence electrons. The lowest BCUT2D eigenvalue weighted by Crippen LogP contribution is -2.49. The van der Waals surface area contributed by atoms with Crippen LogP contribution in [0.3, 0.4) is 0 Å². The first-order valence-electron chi connectivity index (χ1n) is 6.26. The van der Waals surface area contributed by atoms with Gasteiger partial charge in [-0.1, -0.05) is 30.3 Å². The molecule has 0 unspecified atom stereocenters. The maximum atomic E-state index is 12.2. The van der Waals surface area contributed by atoms with Gasteiger partial charge in [0.05, 0.1) is 4.47 Å². The Morgan fingerprint density at radius 3 is 2.65 bits per heavy atom. The van der Waals surface area contributed by atoms with Crippen molar-refractivity contribution < 1.29 is 4.79 Å². The van der Waals surface area contributed by atoms with Gasteiger partial charge in [-0.2, -0.15) is 5.10 Å². The Balaban J connectivity index is 2.28. The molecule has 4 N–H and O–H groups in total. The first-order valence-corrected chi connectivity index (χ1v) is 7.06. The average molecular weight is 337 g/mol. The molecule has 1 amide bonds. The predicted octanol–water partition coefficient (Wildman–Crippen LogP) is 2.31. The molecular formula is C14H17BrN4O. The third-order valence-corrected chi connectivity index (χ3v) is 3.72. The molecule has 1 aromatic carbocycles. The summed E-state index contributed by atoms with van der Waals surface area (Å²) < 4.78 is 0.647. The maximum Gasteiger partial charge on any atom is 0.270 e. The first kappa shape index (κ1) is 14.7. The van der Waals surface area contributed by atoms with E-state index in [0.717, 1.165) is 5.56 Å². The Kier molecular flexibility index (Phi) is 4.25. The number of aromatic nitrogens is 2. The van der Waals surface area contributed by atoms with E-state index in [4.69, 9.17) is 5.73 Å². The van der Waals surface area contributed by atoms with Crippen molar-refractivity contribution in [3.05, 3.63) is 40.5 Å². The fourth-order valence-electron chi connectivity index (χ4n) is 1.69. The highest BCUT2D eigenvalue weighted by molar-refractivity contribution is 9.10. The van der Waals surface area contributed by atoms with Gasteiger partial charge in [-0.25, -0.2) is 0 Å². The molecular weight excluding hydrogens is 320 g/mol. The van der Waals surface area contributed by atoms with Crippen LogP contribution >= 0.6 is 15.9 Å². The lowest BCUT2D eigenvalue weighted by Gasteiger charge is -2.23. The van der Waals surface area contributed by atoms with Gasteiger partial charge in [0.25, 0.3) is 5.91 Å². The van der Waals surface area contributed by atoms with Gasteiger partial charge in [0.2, 0.25) is 0 Å².